The number of carbonyl (C=O) groups excluding carboxylic acids is 2. The first-order valence-electron chi connectivity index (χ1n) is 12.7. The molecule has 13 heteroatoms. The Kier molecular flexibility index (Phi) is 10.7. The number of carbonyl (C=O) groups is 2. The number of nitro groups is 1. The number of nitrogens with zero attached hydrogens (tertiary/aromatic N) is 3. The van der Waals surface area contributed by atoms with Crippen molar-refractivity contribution in [2.75, 3.05) is 10.8 Å². The molecule has 0 bridgehead atoms. The molecule has 0 saturated carbocycles. The van der Waals surface area contributed by atoms with Crippen LogP contribution >= 0.6 is 23.2 Å². The minimum absolute atomic E-state index is 0.0280. The maximum Gasteiger partial charge on any atom is 0.269 e. The molecule has 0 aliphatic rings. The molecule has 0 aliphatic carbocycles. The Morgan fingerprint density at radius 2 is 1.54 bits per heavy atom. The van der Waals surface area contributed by atoms with Gasteiger partial charge in [-0.15, -0.1) is 0 Å². The van der Waals surface area contributed by atoms with Gasteiger partial charge >= 0.3 is 0 Å². The van der Waals surface area contributed by atoms with E-state index in [0.717, 1.165) is 16.4 Å². The standard InChI is InChI=1S/C28H30Cl2N4O6S/c1-4-19(2)31-28(36)20(3)32(17-24-25(29)11-8-12-26(24)30)27(35)18-33(21-13-15-22(16-14-21)34(37)38)41(39,40)23-9-6-5-7-10-23/h5-16,19-20H,4,17-18H2,1-3H3,(H,31,36)/t19-,20-/m1/s1. The Balaban J connectivity index is 2.07. The van der Waals surface area contributed by atoms with Crippen molar-refractivity contribution in [3.63, 3.8) is 0 Å². The molecular weight excluding hydrogens is 591 g/mol. The van der Waals surface area contributed by atoms with Crippen LogP contribution in [0.25, 0.3) is 0 Å². The molecule has 0 heterocycles. The minimum atomic E-state index is -4.31. The minimum Gasteiger partial charge on any atom is -0.352 e. The molecule has 0 aliphatic heterocycles. The van der Waals surface area contributed by atoms with E-state index < -0.39 is 39.3 Å². The predicted octanol–water partition coefficient (Wildman–Crippen LogP) is 5.43. The summed E-state index contributed by atoms with van der Waals surface area (Å²) in [6.07, 6.45) is 0.659. The van der Waals surface area contributed by atoms with Crippen LogP contribution in [0.3, 0.4) is 0 Å². The number of nitro benzene ring substituents is 1. The van der Waals surface area contributed by atoms with Crippen LogP contribution in [0.5, 0.6) is 0 Å². The number of amides is 2. The zero-order valence-electron chi connectivity index (χ0n) is 22.7. The van der Waals surface area contributed by atoms with Gasteiger partial charge in [0.15, 0.2) is 0 Å². The van der Waals surface area contributed by atoms with Crippen LogP contribution in [0.4, 0.5) is 11.4 Å². The molecule has 0 fully saturated rings. The largest absolute Gasteiger partial charge is 0.352 e. The molecule has 0 saturated heterocycles. The number of hydrogen-bond donors (Lipinski definition) is 1. The van der Waals surface area contributed by atoms with Crippen molar-refractivity contribution in [2.45, 2.75) is 50.7 Å². The van der Waals surface area contributed by atoms with Crippen LogP contribution in [-0.4, -0.2) is 48.7 Å². The zero-order valence-corrected chi connectivity index (χ0v) is 25.0. The summed E-state index contributed by atoms with van der Waals surface area (Å²) in [7, 11) is -4.31. The maximum absolute atomic E-state index is 14.0. The first kappa shape index (κ1) is 31.9. The van der Waals surface area contributed by atoms with E-state index in [1.54, 1.807) is 24.3 Å². The van der Waals surface area contributed by atoms with Crippen LogP contribution in [0, 0.1) is 10.1 Å². The van der Waals surface area contributed by atoms with Crippen LogP contribution in [-0.2, 0) is 26.2 Å². The van der Waals surface area contributed by atoms with Gasteiger partial charge in [-0.1, -0.05) is 54.4 Å². The van der Waals surface area contributed by atoms with Crippen molar-refractivity contribution < 1.29 is 22.9 Å². The molecule has 0 radical (unpaired) electrons. The van der Waals surface area contributed by atoms with Gasteiger partial charge in [0.2, 0.25) is 11.8 Å². The first-order valence-corrected chi connectivity index (χ1v) is 14.9. The fraction of sp³-hybridized carbons (Fsp3) is 0.286. The van der Waals surface area contributed by atoms with Crippen molar-refractivity contribution in [2.24, 2.45) is 0 Å². The van der Waals surface area contributed by atoms with E-state index in [4.69, 9.17) is 23.2 Å². The van der Waals surface area contributed by atoms with Gasteiger partial charge in [0, 0.05) is 40.3 Å². The molecule has 0 aromatic heterocycles. The van der Waals surface area contributed by atoms with Gasteiger partial charge in [0.05, 0.1) is 15.5 Å². The summed E-state index contributed by atoms with van der Waals surface area (Å²) in [6, 6.07) is 15.9. The van der Waals surface area contributed by atoms with E-state index in [1.165, 1.54) is 48.2 Å². The van der Waals surface area contributed by atoms with Crippen LogP contribution in [0.2, 0.25) is 10.0 Å². The smallest absolute Gasteiger partial charge is 0.269 e. The van der Waals surface area contributed by atoms with Gasteiger partial charge in [-0.25, -0.2) is 8.42 Å². The Morgan fingerprint density at radius 3 is 2.07 bits per heavy atom. The van der Waals surface area contributed by atoms with Crippen LogP contribution in [0.15, 0.2) is 77.7 Å². The lowest BCUT2D eigenvalue weighted by molar-refractivity contribution is -0.384. The molecule has 218 valence electrons. The zero-order chi connectivity index (χ0) is 30.3. The average Bonchev–Trinajstić information content (AvgIpc) is 2.95. The van der Waals surface area contributed by atoms with Crippen molar-refractivity contribution in [1.29, 1.82) is 0 Å². The normalized spacial score (nSPS) is 12.7. The van der Waals surface area contributed by atoms with E-state index in [9.17, 15) is 28.1 Å². The second kappa shape index (κ2) is 13.8. The highest BCUT2D eigenvalue weighted by Gasteiger charge is 2.33. The molecule has 1 N–H and O–H groups in total. The Bertz CT molecular complexity index is 1480. The molecule has 3 rings (SSSR count). The fourth-order valence-corrected chi connectivity index (χ4v) is 5.84. The summed E-state index contributed by atoms with van der Waals surface area (Å²) in [5.41, 5.74) is 0.169. The number of benzene rings is 3. The van der Waals surface area contributed by atoms with Gasteiger partial charge in [0.1, 0.15) is 12.6 Å². The third-order valence-corrected chi connectivity index (χ3v) is 9.01. The number of nitrogens with one attached hydrogen (secondary N) is 1. The van der Waals surface area contributed by atoms with Gasteiger partial charge < -0.3 is 10.2 Å². The van der Waals surface area contributed by atoms with E-state index >= 15 is 0 Å². The monoisotopic (exact) mass is 620 g/mol. The molecule has 3 aromatic carbocycles. The van der Waals surface area contributed by atoms with Gasteiger partial charge in [-0.2, -0.15) is 0 Å². The SMILES string of the molecule is CC[C@@H](C)NC(=O)[C@@H](C)N(Cc1c(Cl)cccc1Cl)C(=O)CN(c1ccc([N+](=O)[O-])cc1)S(=O)(=O)c1ccccc1. The number of anilines is 1. The van der Waals surface area contributed by atoms with Crippen molar-refractivity contribution in [3.05, 3.63) is 98.5 Å². The Morgan fingerprint density at radius 1 is 0.951 bits per heavy atom. The Hall–Kier alpha value is -3.67. The van der Waals surface area contributed by atoms with E-state index in [-0.39, 0.29) is 38.9 Å². The summed E-state index contributed by atoms with van der Waals surface area (Å²) >= 11 is 12.8. The quantitative estimate of drug-likeness (QED) is 0.212. The summed E-state index contributed by atoms with van der Waals surface area (Å²) in [4.78, 5) is 38.8. The highest BCUT2D eigenvalue weighted by molar-refractivity contribution is 7.92. The molecular formula is C28H30Cl2N4O6S. The summed E-state index contributed by atoms with van der Waals surface area (Å²) in [5, 5.41) is 14.6. The van der Waals surface area contributed by atoms with Crippen molar-refractivity contribution >= 4 is 56.4 Å². The predicted molar refractivity (Wildman–Crippen MR) is 158 cm³/mol. The Labute approximate surface area is 249 Å². The van der Waals surface area contributed by atoms with Crippen molar-refractivity contribution in [3.8, 4) is 0 Å². The molecule has 41 heavy (non-hydrogen) atoms. The van der Waals surface area contributed by atoms with Crippen LogP contribution in [0.1, 0.15) is 32.8 Å². The molecule has 2 atom stereocenters. The fourth-order valence-electron chi connectivity index (χ4n) is 3.89. The molecule has 0 unspecified atom stereocenters. The lowest BCUT2D eigenvalue weighted by Gasteiger charge is -2.32. The first-order chi connectivity index (χ1) is 19.4. The maximum atomic E-state index is 14.0. The average molecular weight is 622 g/mol. The topological polar surface area (TPSA) is 130 Å². The molecule has 0 spiro atoms. The second-order valence-electron chi connectivity index (χ2n) is 9.31. The van der Waals surface area contributed by atoms with Gasteiger partial charge in [-0.3, -0.25) is 24.0 Å². The second-order valence-corrected chi connectivity index (χ2v) is 12.0. The number of non-ortho nitro benzene ring substituents is 1. The van der Waals surface area contributed by atoms with E-state index in [0.29, 0.717) is 12.0 Å². The molecule has 3 aromatic rings. The lowest BCUT2D eigenvalue weighted by Crippen LogP contribution is -2.52. The van der Waals surface area contributed by atoms with E-state index in [1.807, 2.05) is 13.8 Å². The highest BCUT2D eigenvalue weighted by Crippen LogP contribution is 2.29. The number of halogens is 2. The van der Waals surface area contributed by atoms with Crippen molar-refractivity contribution in [1.82, 2.24) is 10.2 Å². The summed E-state index contributed by atoms with van der Waals surface area (Å²) in [5.74, 6) is -1.16. The van der Waals surface area contributed by atoms with Crippen LogP contribution < -0.4 is 9.62 Å². The number of sulfonamides is 1. The number of hydrogen-bond acceptors (Lipinski definition) is 6. The molecule has 10 nitrogen and oxygen atoms in total. The lowest BCUT2D eigenvalue weighted by atomic mass is 10.1. The number of rotatable bonds is 12. The third-order valence-electron chi connectivity index (χ3n) is 6.52. The van der Waals surface area contributed by atoms with Gasteiger partial charge in [-0.05, 0) is 56.7 Å². The summed E-state index contributed by atoms with van der Waals surface area (Å²) in [6.45, 7) is 4.37. The highest BCUT2D eigenvalue weighted by atomic mass is 35.5. The van der Waals surface area contributed by atoms with E-state index in [2.05, 4.69) is 5.32 Å². The summed E-state index contributed by atoms with van der Waals surface area (Å²) < 4.78 is 28.4. The van der Waals surface area contributed by atoms with Gasteiger partial charge in [0.25, 0.3) is 15.7 Å². The molecule has 2 amide bonds. The third kappa shape index (κ3) is 7.75.